The van der Waals surface area contributed by atoms with Crippen molar-refractivity contribution in [3.05, 3.63) is 41.4 Å². The number of nitrogens with zero attached hydrogens (tertiary/aromatic N) is 2. The van der Waals surface area contributed by atoms with Gasteiger partial charge in [0.25, 0.3) is 0 Å². The minimum absolute atomic E-state index is 0.0949. The summed E-state index contributed by atoms with van der Waals surface area (Å²) >= 11 is 5.97. The van der Waals surface area contributed by atoms with E-state index >= 15 is 0 Å². The van der Waals surface area contributed by atoms with Crippen molar-refractivity contribution in [2.75, 3.05) is 37.7 Å². The van der Waals surface area contributed by atoms with E-state index in [0.29, 0.717) is 30.3 Å². The van der Waals surface area contributed by atoms with Crippen molar-refractivity contribution in [2.45, 2.75) is 26.2 Å². The fourth-order valence-corrected chi connectivity index (χ4v) is 3.27. The number of anilines is 1. The molecule has 0 aliphatic carbocycles. The van der Waals surface area contributed by atoms with E-state index in [2.05, 4.69) is 22.9 Å². The van der Waals surface area contributed by atoms with Crippen LogP contribution in [0.15, 0.2) is 30.9 Å². The molecule has 140 valence electrons. The van der Waals surface area contributed by atoms with Gasteiger partial charge in [0.2, 0.25) is 5.91 Å². The molecule has 0 atom stereocenters. The molecule has 1 N–H and O–H groups in total. The topological polar surface area (TPSA) is 65.4 Å². The zero-order chi connectivity index (χ0) is 19.0. The number of ether oxygens (including phenoxy) is 1. The van der Waals surface area contributed by atoms with Gasteiger partial charge in [0.15, 0.2) is 0 Å². The molecule has 0 unspecified atom stereocenters. The average molecular weight is 376 g/mol. The van der Waals surface area contributed by atoms with Gasteiger partial charge in [-0.25, -0.2) is 0 Å². The summed E-state index contributed by atoms with van der Waals surface area (Å²) < 4.78 is 5.32. The first-order valence-electron chi connectivity index (χ1n) is 8.92. The van der Waals surface area contributed by atoms with Crippen LogP contribution in [0.3, 0.4) is 0 Å². The van der Waals surface area contributed by atoms with Gasteiger partial charge >= 0.3 is 0 Å². The second-order valence-corrected chi connectivity index (χ2v) is 7.23. The van der Waals surface area contributed by atoms with E-state index in [0.717, 1.165) is 38.0 Å². The smallest absolute Gasteiger partial charge is 0.226 e. The second-order valence-electron chi connectivity index (χ2n) is 6.79. The molecule has 1 fully saturated rings. The maximum absolute atomic E-state index is 12.6. The molecule has 0 saturated carbocycles. The summed E-state index contributed by atoms with van der Waals surface area (Å²) in [4.78, 5) is 14.7. The maximum atomic E-state index is 12.6. The summed E-state index contributed by atoms with van der Waals surface area (Å²) in [5, 5.41) is 12.9. The van der Waals surface area contributed by atoms with Crippen molar-refractivity contribution >= 4 is 23.2 Å². The Morgan fingerprint density at radius 1 is 1.50 bits per heavy atom. The van der Waals surface area contributed by atoms with Crippen LogP contribution >= 0.6 is 11.6 Å². The van der Waals surface area contributed by atoms with Gasteiger partial charge < -0.3 is 15.0 Å². The van der Waals surface area contributed by atoms with Gasteiger partial charge in [-0.05, 0) is 37.5 Å². The highest BCUT2D eigenvalue weighted by Gasteiger charge is 2.37. The molecule has 5 nitrogen and oxygen atoms in total. The highest BCUT2D eigenvalue weighted by molar-refractivity contribution is 6.30. The Kier molecular flexibility index (Phi) is 7.50. The lowest BCUT2D eigenvalue weighted by atomic mass is 9.79. The molecule has 0 spiro atoms. The van der Waals surface area contributed by atoms with Crippen LogP contribution in [0.5, 0.6) is 0 Å². The minimum Gasteiger partial charge on any atom is -0.377 e. The highest BCUT2D eigenvalue weighted by atomic mass is 35.5. The van der Waals surface area contributed by atoms with Gasteiger partial charge in [0.1, 0.15) is 6.07 Å². The number of benzene rings is 1. The van der Waals surface area contributed by atoms with Crippen LogP contribution in [0.25, 0.3) is 0 Å². The largest absolute Gasteiger partial charge is 0.377 e. The fraction of sp³-hybridized carbons (Fsp3) is 0.500. The molecular formula is C20H26ClN3O2. The van der Waals surface area contributed by atoms with E-state index in [9.17, 15) is 10.1 Å². The number of halogens is 1. The Bertz CT molecular complexity index is 676. The Morgan fingerprint density at radius 3 is 2.88 bits per heavy atom. The summed E-state index contributed by atoms with van der Waals surface area (Å²) in [6.07, 6.45) is 4.00. The lowest BCUT2D eigenvalue weighted by Crippen LogP contribution is -2.47. The predicted octanol–water partition coefficient (Wildman–Crippen LogP) is 3.53. The highest BCUT2D eigenvalue weighted by Crippen LogP contribution is 2.34. The molecule has 1 aromatic carbocycles. The number of amides is 1. The molecule has 1 heterocycles. The van der Waals surface area contributed by atoms with Crippen LogP contribution in [0.2, 0.25) is 5.02 Å². The zero-order valence-corrected chi connectivity index (χ0v) is 16.0. The van der Waals surface area contributed by atoms with E-state index in [-0.39, 0.29) is 11.3 Å². The molecule has 1 aromatic rings. The lowest BCUT2D eigenvalue weighted by Gasteiger charge is -2.39. The molecule has 0 aromatic heterocycles. The van der Waals surface area contributed by atoms with E-state index < -0.39 is 0 Å². The Labute approximate surface area is 160 Å². The van der Waals surface area contributed by atoms with E-state index in [1.54, 1.807) is 18.2 Å². The molecule has 0 bridgehead atoms. The summed E-state index contributed by atoms with van der Waals surface area (Å²) in [6, 6.07) is 7.57. The molecule has 2 rings (SSSR count). The number of hydrogen-bond donors (Lipinski definition) is 1. The monoisotopic (exact) mass is 375 g/mol. The maximum Gasteiger partial charge on any atom is 0.226 e. The van der Waals surface area contributed by atoms with Crippen LogP contribution in [-0.4, -0.2) is 38.8 Å². The van der Waals surface area contributed by atoms with Crippen molar-refractivity contribution in [3.63, 3.8) is 0 Å². The van der Waals surface area contributed by atoms with Crippen LogP contribution in [-0.2, 0) is 9.53 Å². The number of carbonyl (C=O) groups excluding carboxylic acids is 1. The van der Waals surface area contributed by atoms with Gasteiger partial charge in [-0.1, -0.05) is 24.6 Å². The first-order chi connectivity index (χ1) is 12.5. The Balaban J connectivity index is 1.85. The number of piperidine rings is 1. The van der Waals surface area contributed by atoms with E-state index in [1.807, 2.05) is 13.0 Å². The van der Waals surface area contributed by atoms with Crippen LogP contribution in [0.1, 0.15) is 31.7 Å². The standard InChI is InChI=1S/C20H26ClN3O2/c1-3-12-26-13-4-9-23-19(25)20(2)7-10-24(11-8-20)18-6-5-17(21)14-16(18)15-22/h3,5-6,14H,1,4,7-13H2,2H3,(H,23,25). The first-order valence-corrected chi connectivity index (χ1v) is 9.29. The number of rotatable bonds is 8. The van der Waals surface area contributed by atoms with E-state index in [4.69, 9.17) is 16.3 Å². The summed E-state index contributed by atoms with van der Waals surface area (Å²) in [7, 11) is 0. The van der Waals surface area contributed by atoms with Crippen LogP contribution < -0.4 is 10.2 Å². The predicted molar refractivity (Wildman–Crippen MR) is 104 cm³/mol. The van der Waals surface area contributed by atoms with E-state index in [1.165, 1.54) is 0 Å². The molecule has 1 saturated heterocycles. The summed E-state index contributed by atoms with van der Waals surface area (Å²) in [5.41, 5.74) is 1.08. The number of nitriles is 1. The molecule has 1 amide bonds. The van der Waals surface area contributed by atoms with Crippen molar-refractivity contribution in [3.8, 4) is 6.07 Å². The average Bonchev–Trinajstić information content (AvgIpc) is 2.65. The molecule has 26 heavy (non-hydrogen) atoms. The fourth-order valence-electron chi connectivity index (χ4n) is 3.10. The van der Waals surface area contributed by atoms with Crippen LogP contribution in [0.4, 0.5) is 5.69 Å². The second kappa shape index (κ2) is 9.61. The van der Waals surface area contributed by atoms with Crippen LogP contribution in [0, 0.1) is 16.7 Å². The first kappa shape index (κ1) is 20.3. The number of nitrogens with one attached hydrogen (secondary N) is 1. The summed E-state index contributed by atoms with van der Waals surface area (Å²) in [6.45, 7) is 8.86. The number of carbonyl (C=O) groups is 1. The van der Waals surface area contributed by atoms with Crippen molar-refractivity contribution < 1.29 is 9.53 Å². The van der Waals surface area contributed by atoms with Gasteiger partial charge in [0, 0.05) is 36.7 Å². The summed E-state index contributed by atoms with van der Waals surface area (Å²) in [5.74, 6) is 0.0949. The van der Waals surface area contributed by atoms with Gasteiger partial charge in [0.05, 0.1) is 17.9 Å². The van der Waals surface area contributed by atoms with Gasteiger partial charge in [-0.3, -0.25) is 4.79 Å². The Morgan fingerprint density at radius 2 is 2.23 bits per heavy atom. The Hall–Kier alpha value is -2.03. The normalized spacial score (nSPS) is 16.0. The van der Waals surface area contributed by atoms with Gasteiger partial charge in [-0.15, -0.1) is 6.58 Å². The molecule has 6 heteroatoms. The molecular weight excluding hydrogens is 350 g/mol. The minimum atomic E-state index is -0.377. The quantitative estimate of drug-likeness (QED) is 0.557. The molecule has 0 radical (unpaired) electrons. The lowest BCUT2D eigenvalue weighted by molar-refractivity contribution is -0.131. The third-order valence-electron chi connectivity index (χ3n) is 4.82. The van der Waals surface area contributed by atoms with Crippen molar-refractivity contribution in [2.24, 2.45) is 5.41 Å². The van der Waals surface area contributed by atoms with Crippen molar-refractivity contribution in [1.82, 2.24) is 5.32 Å². The number of hydrogen-bond acceptors (Lipinski definition) is 4. The van der Waals surface area contributed by atoms with Crippen molar-refractivity contribution in [1.29, 1.82) is 5.26 Å². The molecule has 1 aliphatic rings. The zero-order valence-electron chi connectivity index (χ0n) is 15.3. The SMILES string of the molecule is C=CCOCCCNC(=O)C1(C)CCN(c2ccc(Cl)cc2C#N)CC1. The third kappa shape index (κ3) is 5.23. The molecule has 1 aliphatic heterocycles. The third-order valence-corrected chi connectivity index (χ3v) is 5.06. The van der Waals surface area contributed by atoms with Gasteiger partial charge in [-0.2, -0.15) is 5.26 Å².